The summed E-state index contributed by atoms with van der Waals surface area (Å²) in [5.74, 6) is 1.61. The molecular weight excluding hydrogens is 388 g/mol. The lowest BCUT2D eigenvalue weighted by Gasteiger charge is -2.26. The van der Waals surface area contributed by atoms with Crippen LogP contribution in [0.5, 0.6) is 5.75 Å². The van der Waals surface area contributed by atoms with E-state index < -0.39 is 9.84 Å². The zero-order valence-corrected chi connectivity index (χ0v) is 18.1. The van der Waals surface area contributed by atoms with Gasteiger partial charge in [-0.05, 0) is 55.9 Å². The molecule has 1 unspecified atom stereocenters. The minimum Gasteiger partial charge on any atom is -0.496 e. The van der Waals surface area contributed by atoms with Gasteiger partial charge in [0.1, 0.15) is 11.5 Å². The minimum absolute atomic E-state index is 0.0595. The van der Waals surface area contributed by atoms with Crippen LogP contribution >= 0.6 is 0 Å². The van der Waals surface area contributed by atoms with Crippen LogP contribution in [0.2, 0.25) is 0 Å². The number of benzene rings is 1. The van der Waals surface area contributed by atoms with E-state index >= 15 is 0 Å². The first-order valence-corrected chi connectivity index (χ1v) is 11.4. The van der Waals surface area contributed by atoms with Crippen molar-refractivity contribution in [3.63, 3.8) is 0 Å². The molecular formula is C22H28N2O4S. The fourth-order valence-electron chi connectivity index (χ4n) is 3.39. The molecule has 0 saturated carbocycles. The van der Waals surface area contributed by atoms with Gasteiger partial charge in [0.05, 0.1) is 30.6 Å². The van der Waals surface area contributed by atoms with Gasteiger partial charge in [0, 0.05) is 23.0 Å². The maximum absolute atomic E-state index is 12.3. The molecule has 3 aromatic rings. The number of nitrogens with one attached hydrogen (secondary N) is 1. The van der Waals surface area contributed by atoms with Crippen molar-refractivity contribution >= 4 is 9.84 Å². The zero-order chi connectivity index (χ0) is 21.0. The first-order chi connectivity index (χ1) is 13.9. The molecule has 0 spiro atoms. The van der Waals surface area contributed by atoms with Gasteiger partial charge in [0.25, 0.3) is 0 Å². The standard InChI is InChI=1S/C22H28N2O4S/c1-5-24(15-17-8-7-13-28-17)16(3)20-10-11-21(23-20)19-14-18(29(25,26)6-2)9-12-22(19)27-4/h7-14,16,23H,5-6,15H2,1-4H3. The van der Waals surface area contributed by atoms with E-state index in [4.69, 9.17) is 9.15 Å². The van der Waals surface area contributed by atoms with Gasteiger partial charge >= 0.3 is 0 Å². The largest absolute Gasteiger partial charge is 0.496 e. The second-order valence-electron chi connectivity index (χ2n) is 6.91. The van der Waals surface area contributed by atoms with Crippen LogP contribution in [0.25, 0.3) is 11.3 Å². The molecule has 0 bridgehead atoms. The Labute approximate surface area is 172 Å². The predicted molar refractivity (Wildman–Crippen MR) is 114 cm³/mol. The number of sulfone groups is 1. The third kappa shape index (κ3) is 4.57. The lowest BCUT2D eigenvalue weighted by molar-refractivity contribution is 0.193. The Morgan fingerprint density at radius 2 is 1.97 bits per heavy atom. The first-order valence-electron chi connectivity index (χ1n) is 9.76. The molecule has 156 valence electrons. The van der Waals surface area contributed by atoms with Gasteiger partial charge in [-0.25, -0.2) is 8.42 Å². The molecule has 0 fully saturated rings. The highest BCUT2D eigenvalue weighted by Crippen LogP contribution is 2.33. The highest BCUT2D eigenvalue weighted by atomic mass is 32.2. The van der Waals surface area contributed by atoms with Crippen LogP contribution in [0.1, 0.15) is 38.3 Å². The zero-order valence-electron chi connectivity index (χ0n) is 17.3. The molecule has 2 heterocycles. The van der Waals surface area contributed by atoms with Crippen LogP contribution in [0.4, 0.5) is 0 Å². The topological polar surface area (TPSA) is 75.5 Å². The number of ether oxygens (including phenoxy) is 1. The van der Waals surface area contributed by atoms with Crippen molar-refractivity contribution in [2.45, 2.75) is 38.3 Å². The molecule has 1 aromatic carbocycles. The van der Waals surface area contributed by atoms with E-state index in [-0.39, 0.29) is 11.8 Å². The molecule has 6 nitrogen and oxygen atoms in total. The average molecular weight is 417 g/mol. The van der Waals surface area contributed by atoms with E-state index in [2.05, 4.69) is 23.7 Å². The van der Waals surface area contributed by atoms with Crippen LogP contribution in [0.3, 0.4) is 0 Å². The summed E-state index contributed by atoms with van der Waals surface area (Å²) in [4.78, 5) is 6.04. The van der Waals surface area contributed by atoms with E-state index in [0.29, 0.717) is 17.2 Å². The number of aromatic amines is 1. The molecule has 1 N–H and O–H groups in total. The van der Waals surface area contributed by atoms with Crippen molar-refractivity contribution in [3.05, 3.63) is 60.2 Å². The summed E-state index contributed by atoms with van der Waals surface area (Å²) in [6.45, 7) is 7.48. The van der Waals surface area contributed by atoms with E-state index in [1.807, 2.05) is 24.3 Å². The number of hydrogen-bond donors (Lipinski definition) is 1. The van der Waals surface area contributed by atoms with Crippen molar-refractivity contribution in [1.82, 2.24) is 9.88 Å². The van der Waals surface area contributed by atoms with Gasteiger partial charge in [-0.2, -0.15) is 0 Å². The highest BCUT2D eigenvalue weighted by molar-refractivity contribution is 7.91. The van der Waals surface area contributed by atoms with Crippen molar-refractivity contribution in [3.8, 4) is 17.0 Å². The van der Waals surface area contributed by atoms with Gasteiger partial charge in [-0.3, -0.25) is 4.90 Å². The molecule has 3 rings (SSSR count). The molecule has 2 aromatic heterocycles. The summed E-state index contributed by atoms with van der Waals surface area (Å²) in [6.07, 6.45) is 1.68. The third-order valence-corrected chi connectivity index (χ3v) is 6.98. The van der Waals surface area contributed by atoms with Crippen molar-refractivity contribution in [2.24, 2.45) is 0 Å². The second-order valence-corrected chi connectivity index (χ2v) is 9.19. The number of methoxy groups -OCH3 is 1. The molecule has 0 aliphatic heterocycles. The van der Waals surface area contributed by atoms with Crippen LogP contribution in [-0.2, 0) is 16.4 Å². The third-order valence-electron chi connectivity index (χ3n) is 5.25. The van der Waals surface area contributed by atoms with Gasteiger partial charge in [0.15, 0.2) is 9.84 Å². The fraction of sp³-hybridized carbons (Fsp3) is 0.364. The normalized spacial score (nSPS) is 13.0. The number of aromatic nitrogens is 1. The van der Waals surface area contributed by atoms with Crippen LogP contribution in [0.15, 0.2) is 58.0 Å². The van der Waals surface area contributed by atoms with E-state index in [1.54, 1.807) is 38.5 Å². The number of nitrogens with zero attached hydrogens (tertiary/aromatic N) is 1. The van der Waals surface area contributed by atoms with Crippen molar-refractivity contribution in [2.75, 3.05) is 19.4 Å². The number of furan rings is 1. The Hall–Kier alpha value is -2.51. The Morgan fingerprint density at radius 3 is 2.59 bits per heavy atom. The summed E-state index contributed by atoms with van der Waals surface area (Å²) in [6, 6.07) is 13.0. The second kappa shape index (κ2) is 8.88. The predicted octanol–water partition coefficient (Wildman–Crippen LogP) is 4.66. The van der Waals surface area contributed by atoms with Crippen LogP contribution in [0, 0.1) is 0 Å². The molecule has 0 aliphatic carbocycles. The maximum Gasteiger partial charge on any atom is 0.178 e. The summed E-state index contributed by atoms with van der Waals surface area (Å²) in [7, 11) is -1.71. The molecule has 7 heteroatoms. The lowest BCUT2D eigenvalue weighted by atomic mass is 10.1. The molecule has 0 aliphatic rings. The molecule has 1 atom stereocenters. The average Bonchev–Trinajstić information content (AvgIpc) is 3.43. The van der Waals surface area contributed by atoms with E-state index in [9.17, 15) is 8.42 Å². The molecule has 29 heavy (non-hydrogen) atoms. The lowest BCUT2D eigenvalue weighted by Crippen LogP contribution is -2.26. The van der Waals surface area contributed by atoms with Crippen molar-refractivity contribution < 1.29 is 17.6 Å². The smallest absolute Gasteiger partial charge is 0.178 e. The Morgan fingerprint density at radius 1 is 1.17 bits per heavy atom. The van der Waals surface area contributed by atoms with Gasteiger partial charge in [0.2, 0.25) is 0 Å². The van der Waals surface area contributed by atoms with E-state index in [1.165, 1.54) is 0 Å². The number of H-pyrrole nitrogens is 1. The molecule has 0 radical (unpaired) electrons. The number of hydrogen-bond acceptors (Lipinski definition) is 5. The van der Waals surface area contributed by atoms with Crippen LogP contribution < -0.4 is 4.74 Å². The van der Waals surface area contributed by atoms with Crippen LogP contribution in [-0.4, -0.2) is 37.7 Å². The first kappa shape index (κ1) is 21.2. The highest BCUT2D eigenvalue weighted by Gasteiger charge is 2.20. The molecule has 0 saturated heterocycles. The monoisotopic (exact) mass is 416 g/mol. The Balaban J connectivity index is 1.91. The Bertz CT molecular complexity index is 1040. The fourth-order valence-corrected chi connectivity index (χ4v) is 4.30. The number of rotatable bonds is 9. The van der Waals surface area contributed by atoms with Gasteiger partial charge in [-0.15, -0.1) is 0 Å². The summed E-state index contributed by atoms with van der Waals surface area (Å²) in [5.41, 5.74) is 2.60. The maximum atomic E-state index is 12.3. The summed E-state index contributed by atoms with van der Waals surface area (Å²) < 4.78 is 35.6. The summed E-state index contributed by atoms with van der Waals surface area (Å²) >= 11 is 0. The SMILES string of the molecule is CCN(Cc1ccco1)C(C)c1ccc(-c2cc(S(=O)(=O)CC)ccc2OC)[nH]1. The van der Waals surface area contributed by atoms with Gasteiger partial charge < -0.3 is 14.1 Å². The quantitative estimate of drug-likeness (QED) is 0.549. The van der Waals surface area contributed by atoms with Crippen molar-refractivity contribution in [1.29, 1.82) is 0 Å². The Kier molecular flexibility index (Phi) is 6.49. The summed E-state index contributed by atoms with van der Waals surface area (Å²) in [5, 5.41) is 0. The van der Waals surface area contributed by atoms with Gasteiger partial charge in [-0.1, -0.05) is 13.8 Å². The minimum atomic E-state index is -3.30. The van der Waals surface area contributed by atoms with E-state index in [0.717, 1.165) is 29.3 Å². The molecule has 0 amide bonds.